The molecule has 3 aromatic rings. The van der Waals surface area contributed by atoms with Crippen LogP contribution in [0.5, 0.6) is 0 Å². The van der Waals surface area contributed by atoms with Crippen LogP contribution in [0.1, 0.15) is 5.56 Å². The van der Waals surface area contributed by atoms with Gasteiger partial charge >= 0.3 is 12.1 Å². The summed E-state index contributed by atoms with van der Waals surface area (Å²) >= 11 is 3.37. The molecule has 9 heteroatoms. The number of rotatable bonds is 6. The number of carbonyl (C=O) groups excluding carboxylic acids is 2. The van der Waals surface area contributed by atoms with E-state index in [-0.39, 0.29) is 13.2 Å². The van der Waals surface area contributed by atoms with Crippen LogP contribution in [0.25, 0.3) is 11.0 Å². The van der Waals surface area contributed by atoms with Crippen molar-refractivity contribution < 1.29 is 19.1 Å². The summed E-state index contributed by atoms with van der Waals surface area (Å²) in [6.07, 6.45) is -0.721. The Balaban J connectivity index is 1.68. The Morgan fingerprint density at radius 1 is 1.22 bits per heavy atom. The van der Waals surface area contributed by atoms with Crippen LogP contribution in [-0.4, -0.2) is 40.2 Å². The second-order valence-corrected chi connectivity index (χ2v) is 6.60. The Morgan fingerprint density at radius 3 is 2.74 bits per heavy atom. The quantitative estimate of drug-likeness (QED) is 0.601. The molecule has 0 radical (unpaired) electrons. The lowest BCUT2D eigenvalue weighted by Gasteiger charge is -2.16. The number of fused-ring (bicyclic) bond motifs is 1. The SMILES string of the molecule is COC(=O)[C@H](Cn1nnc2cc(Br)ccc21)NC(=O)OCc1ccccc1. The molecule has 0 fully saturated rings. The lowest BCUT2D eigenvalue weighted by atomic mass is 10.2. The van der Waals surface area contributed by atoms with E-state index in [9.17, 15) is 9.59 Å². The van der Waals surface area contributed by atoms with Crippen LogP contribution in [0.3, 0.4) is 0 Å². The normalized spacial score (nSPS) is 11.8. The van der Waals surface area contributed by atoms with E-state index in [1.807, 2.05) is 48.5 Å². The minimum absolute atomic E-state index is 0.0608. The van der Waals surface area contributed by atoms with E-state index in [0.29, 0.717) is 5.52 Å². The van der Waals surface area contributed by atoms with E-state index in [4.69, 9.17) is 9.47 Å². The Labute approximate surface area is 163 Å². The Bertz CT molecular complexity index is 945. The predicted octanol–water partition coefficient (Wildman–Crippen LogP) is 2.66. The van der Waals surface area contributed by atoms with Gasteiger partial charge in [-0.1, -0.05) is 51.5 Å². The number of ether oxygens (including phenoxy) is 2. The van der Waals surface area contributed by atoms with Crippen LogP contribution in [0.2, 0.25) is 0 Å². The highest BCUT2D eigenvalue weighted by Crippen LogP contribution is 2.17. The van der Waals surface area contributed by atoms with E-state index in [1.54, 1.807) is 0 Å². The zero-order valence-electron chi connectivity index (χ0n) is 14.5. The van der Waals surface area contributed by atoms with Crippen LogP contribution in [0.15, 0.2) is 53.0 Å². The number of amides is 1. The van der Waals surface area contributed by atoms with E-state index in [1.165, 1.54) is 11.8 Å². The third kappa shape index (κ3) is 4.82. The minimum Gasteiger partial charge on any atom is -0.467 e. The van der Waals surface area contributed by atoms with Gasteiger partial charge < -0.3 is 14.8 Å². The lowest BCUT2D eigenvalue weighted by molar-refractivity contribution is -0.143. The first kappa shape index (κ1) is 18.8. The highest BCUT2D eigenvalue weighted by atomic mass is 79.9. The number of hydrogen-bond acceptors (Lipinski definition) is 6. The second kappa shape index (κ2) is 8.63. The molecular formula is C18H17BrN4O4. The summed E-state index contributed by atoms with van der Waals surface area (Å²) in [6.45, 7) is 0.159. The largest absolute Gasteiger partial charge is 0.467 e. The molecule has 1 aromatic heterocycles. The summed E-state index contributed by atoms with van der Waals surface area (Å²) < 4.78 is 12.3. The molecule has 0 spiro atoms. The van der Waals surface area contributed by atoms with Crippen molar-refractivity contribution in [3.05, 3.63) is 58.6 Å². The third-order valence-electron chi connectivity index (χ3n) is 3.82. The number of halogens is 1. The van der Waals surface area contributed by atoms with Crippen molar-refractivity contribution in [2.75, 3.05) is 7.11 Å². The number of benzene rings is 2. The van der Waals surface area contributed by atoms with Gasteiger partial charge in [0.15, 0.2) is 0 Å². The van der Waals surface area contributed by atoms with Gasteiger partial charge in [-0.25, -0.2) is 14.3 Å². The second-order valence-electron chi connectivity index (χ2n) is 5.69. The highest BCUT2D eigenvalue weighted by molar-refractivity contribution is 9.10. The van der Waals surface area contributed by atoms with Crippen molar-refractivity contribution >= 4 is 39.0 Å². The van der Waals surface area contributed by atoms with Crippen LogP contribution < -0.4 is 5.32 Å². The number of nitrogens with one attached hydrogen (secondary N) is 1. The van der Waals surface area contributed by atoms with Gasteiger partial charge in [-0.05, 0) is 23.8 Å². The molecule has 0 aliphatic carbocycles. The maximum absolute atomic E-state index is 12.1. The van der Waals surface area contributed by atoms with Gasteiger partial charge in [0.25, 0.3) is 0 Å². The molecule has 3 rings (SSSR count). The van der Waals surface area contributed by atoms with Crippen LogP contribution in [0, 0.1) is 0 Å². The third-order valence-corrected chi connectivity index (χ3v) is 4.32. The number of carbonyl (C=O) groups is 2. The molecule has 140 valence electrons. The molecule has 0 aliphatic heterocycles. The van der Waals surface area contributed by atoms with E-state index in [2.05, 4.69) is 31.6 Å². The monoisotopic (exact) mass is 432 g/mol. The Morgan fingerprint density at radius 2 is 2.00 bits per heavy atom. The number of aromatic nitrogens is 3. The Kier molecular flexibility index (Phi) is 6.02. The topological polar surface area (TPSA) is 95.3 Å². The van der Waals surface area contributed by atoms with E-state index < -0.39 is 18.1 Å². The minimum atomic E-state index is -0.966. The summed E-state index contributed by atoms with van der Waals surface area (Å²) in [5.74, 6) is -0.604. The molecule has 0 aliphatic rings. The molecule has 1 heterocycles. The molecule has 2 aromatic carbocycles. The van der Waals surface area contributed by atoms with Crippen molar-refractivity contribution in [2.45, 2.75) is 19.2 Å². The van der Waals surface area contributed by atoms with Crippen molar-refractivity contribution in [3.8, 4) is 0 Å². The Hall–Kier alpha value is -2.94. The molecule has 0 bridgehead atoms. The van der Waals surface area contributed by atoms with Crippen molar-refractivity contribution in [1.29, 1.82) is 0 Å². The molecule has 1 amide bonds. The summed E-state index contributed by atoms with van der Waals surface area (Å²) in [4.78, 5) is 24.2. The van der Waals surface area contributed by atoms with Gasteiger partial charge in [-0.15, -0.1) is 5.10 Å². The summed E-state index contributed by atoms with van der Waals surface area (Å²) in [6, 6.07) is 13.8. The fraction of sp³-hybridized carbons (Fsp3) is 0.222. The molecule has 0 saturated carbocycles. The summed E-state index contributed by atoms with van der Waals surface area (Å²) in [7, 11) is 1.25. The number of esters is 1. The van der Waals surface area contributed by atoms with Crippen LogP contribution in [0.4, 0.5) is 4.79 Å². The van der Waals surface area contributed by atoms with Gasteiger partial charge in [0.05, 0.1) is 19.2 Å². The number of hydrogen-bond donors (Lipinski definition) is 1. The zero-order valence-corrected chi connectivity index (χ0v) is 16.0. The maximum atomic E-state index is 12.1. The molecule has 8 nitrogen and oxygen atoms in total. The zero-order chi connectivity index (χ0) is 19.2. The smallest absolute Gasteiger partial charge is 0.408 e. The van der Waals surface area contributed by atoms with E-state index >= 15 is 0 Å². The first-order valence-corrected chi connectivity index (χ1v) is 8.90. The van der Waals surface area contributed by atoms with Gasteiger partial charge in [0, 0.05) is 4.47 Å². The van der Waals surface area contributed by atoms with E-state index in [0.717, 1.165) is 15.6 Å². The molecule has 0 saturated heterocycles. The van der Waals surface area contributed by atoms with Gasteiger partial charge in [-0.2, -0.15) is 0 Å². The lowest BCUT2D eigenvalue weighted by Crippen LogP contribution is -2.44. The van der Waals surface area contributed by atoms with Crippen molar-refractivity contribution in [3.63, 3.8) is 0 Å². The number of nitrogens with zero attached hydrogens (tertiary/aromatic N) is 3. The standard InChI is InChI=1S/C18H17BrN4O4/c1-26-17(24)15(20-18(25)27-11-12-5-3-2-4-6-12)10-23-16-8-7-13(19)9-14(16)21-22-23/h2-9,15H,10-11H2,1H3,(H,20,25)/t15-/m0/s1. The highest BCUT2D eigenvalue weighted by Gasteiger charge is 2.24. The molecule has 1 atom stereocenters. The van der Waals surface area contributed by atoms with Crippen LogP contribution >= 0.6 is 15.9 Å². The number of alkyl carbamates (subject to hydrolysis) is 1. The van der Waals surface area contributed by atoms with Gasteiger partial charge in [0.1, 0.15) is 18.2 Å². The molecular weight excluding hydrogens is 416 g/mol. The molecule has 27 heavy (non-hydrogen) atoms. The summed E-state index contributed by atoms with van der Waals surface area (Å²) in [5, 5.41) is 10.6. The number of methoxy groups -OCH3 is 1. The summed E-state index contributed by atoms with van der Waals surface area (Å²) in [5.41, 5.74) is 2.24. The average molecular weight is 433 g/mol. The average Bonchev–Trinajstić information content (AvgIpc) is 3.07. The van der Waals surface area contributed by atoms with Crippen molar-refractivity contribution in [1.82, 2.24) is 20.3 Å². The van der Waals surface area contributed by atoms with Crippen LogP contribution in [-0.2, 0) is 27.4 Å². The first-order chi connectivity index (χ1) is 13.1. The van der Waals surface area contributed by atoms with Gasteiger partial charge in [-0.3, -0.25) is 0 Å². The fourth-order valence-corrected chi connectivity index (χ4v) is 2.83. The maximum Gasteiger partial charge on any atom is 0.408 e. The molecule has 0 unspecified atom stereocenters. The van der Waals surface area contributed by atoms with Crippen molar-refractivity contribution in [2.24, 2.45) is 0 Å². The fourth-order valence-electron chi connectivity index (χ4n) is 2.48. The molecule has 1 N–H and O–H groups in total. The predicted molar refractivity (Wildman–Crippen MR) is 101 cm³/mol. The van der Waals surface area contributed by atoms with Gasteiger partial charge in [0.2, 0.25) is 0 Å². The first-order valence-electron chi connectivity index (χ1n) is 8.10.